The van der Waals surface area contributed by atoms with E-state index >= 15 is 0 Å². The molecular formula is C11H16NS+. The van der Waals surface area contributed by atoms with Crippen LogP contribution in [0, 0.1) is 40.9 Å². The minimum atomic E-state index is 0.432. The van der Waals surface area contributed by atoms with Crippen molar-refractivity contribution in [2.45, 2.75) is 12.8 Å². The number of hydrogen-bond donors (Lipinski definition) is 0. The molecule has 1 saturated heterocycles. The highest BCUT2D eigenvalue weighted by atomic mass is 32.2. The molecule has 0 aromatic heterocycles. The highest BCUT2D eigenvalue weighted by Crippen LogP contribution is 2.58. The lowest BCUT2D eigenvalue weighted by Gasteiger charge is -2.24. The molecule has 2 saturated carbocycles. The van der Waals surface area contributed by atoms with Crippen molar-refractivity contribution in [3.05, 3.63) is 0 Å². The van der Waals surface area contributed by atoms with Crippen molar-refractivity contribution >= 4 is 10.9 Å². The number of nitriles is 1. The Labute approximate surface area is 82.9 Å². The first kappa shape index (κ1) is 8.17. The van der Waals surface area contributed by atoms with Crippen molar-refractivity contribution in [3.63, 3.8) is 0 Å². The van der Waals surface area contributed by atoms with Crippen LogP contribution >= 0.6 is 0 Å². The summed E-state index contributed by atoms with van der Waals surface area (Å²) in [6, 6.07) is 2.53. The summed E-state index contributed by atoms with van der Waals surface area (Å²) in [5.74, 6) is 7.10. The van der Waals surface area contributed by atoms with Gasteiger partial charge in [-0.3, -0.25) is 0 Å². The molecule has 1 aliphatic heterocycles. The average molecular weight is 194 g/mol. The van der Waals surface area contributed by atoms with Crippen LogP contribution < -0.4 is 0 Å². The second-order valence-electron chi connectivity index (χ2n) is 5.07. The third-order valence-corrected chi connectivity index (χ3v) is 6.38. The largest absolute Gasteiger partial charge is 0.198 e. The Morgan fingerprint density at radius 2 is 1.92 bits per heavy atom. The number of rotatable bonds is 0. The standard InChI is InChI=1S/C11H16NS/c1-13-5-10-7-2-8(4-12)9(3-7)11(10)6-13/h7-11H,2-3,5-6H2,1H3/q+1/t7-,8-,9-,10+,11+,13?/m1/s1. The Balaban J connectivity index is 1.86. The minimum absolute atomic E-state index is 0.432. The van der Waals surface area contributed by atoms with Crippen molar-refractivity contribution < 1.29 is 0 Å². The van der Waals surface area contributed by atoms with Gasteiger partial charge in [0.1, 0.15) is 11.5 Å². The third-order valence-electron chi connectivity index (χ3n) is 4.47. The van der Waals surface area contributed by atoms with E-state index in [-0.39, 0.29) is 0 Å². The van der Waals surface area contributed by atoms with Gasteiger partial charge in [-0.25, -0.2) is 0 Å². The molecule has 0 radical (unpaired) electrons. The molecule has 0 spiro atoms. The third kappa shape index (κ3) is 1.00. The Kier molecular flexibility index (Phi) is 1.68. The van der Waals surface area contributed by atoms with Gasteiger partial charge in [0.15, 0.2) is 0 Å². The summed E-state index contributed by atoms with van der Waals surface area (Å²) in [6.07, 6.45) is 5.05. The van der Waals surface area contributed by atoms with Gasteiger partial charge in [0, 0.05) is 17.8 Å². The van der Waals surface area contributed by atoms with E-state index in [0.29, 0.717) is 16.8 Å². The van der Waals surface area contributed by atoms with E-state index in [2.05, 4.69) is 12.3 Å². The Morgan fingerprint density at radius 1 is 1.15 bits per heavy atom. The van der Waals surface area contributed by atoms with Gasteiger partial charge < -0.3 is 0 Å². The molecule has 0 aromatic carbocycles. The summed E-state index contributed by atoms with van der Waals surface area (Å²) in [6.45, 7) is 0. The van der Waals surface area contributed by atoms with Crippen molar-refractivity contribution in [1.82, 2.24) is 0 Å². The van der Waals surface area contributed by atoms with Crippen LogP contribution in [0.3, 0.4) is 0 Å². The van der Waals surface area contributed by atoms with Crippen LogP contribution in [0.15, 0.2) is 0 Å². The first-order valence-corrected chi connectivity index (χ1v) is 7.25. The topological polar surface area (TPSA) is 23.8 Å². The van der Waals surface area contributed by atoms with E-state index in [9.17, 15) is 0 Å². The zero-order valence-electron chi connectivity index (χ0n) is 8.07. The van der Waals surface area contributed by atoms with Crippen LogP contribution in [0.5, 0.6) is 0 Å². The Hall–Kier alpha value is -0.160. The monoisotopic (exact) mass is 194 g/mol. The summed E-state index contributed by atoms with van der Waals surface area (Å²) in [5, 5.41) is 9.03. The molecule has 0 amide bonds. The molecule has 3 fully saturated rings. The van der Waals surface area contributed by atoms with Crippen molar-refractivity contribution in [3.8, 4) is 6.07 Å². The normalized spacial score (nSPS) is 57.8. The smallest absolute Gasteiger partial charge is 0.111 e. The molecule has 3 rings (SSSR count). The van der Waals surface area contributed by atoms with Gasteiger partial charge in [-0.15, -0.1) is 0 Å². The lowest BCUT2D eigenvalue weighted by atomic mass is 9.76. The van der Waals surface area contributed by atoms with Gasteiger partial charge in [0.05, 0.1) is 12.3 Å². The molecule has 13 heavy (non-hydrogen) atoms. The van der Waals surface area contributed by atoms with E-state index in [4.69, 9.17) is 5.26 Å². The zero-order valence-corrected chi connectivity index (χ0v) is 8.89. The molecule has 1 unspecified atom stereocenters. The molecule has 3 aliphatic rings. The summed E-state index contributed by atoms with van der Waals surface area (Å²) >= 11 is 0. The van der Waals surface area contributed by atoms with E-state index in [1.807, 2.05) is 0 Å². The van der Waals surface area contributed by atoms with E-state index in [1.165, 1.54) is 24.3 Å². The predicted octanol–water partition coefficient (Wildman–Crippen LogP) is 1.66. The molecule has 1 nitrogen and oxygen atoms in total. The lowest BCUT2D eigenvalue weighted by molar-refractivity contribution is 0.240. The quantitative estimate of drug-likeness (QED) is 0.538. The van der Waals surface area contributed by atoms with Crippen LogP contribution in [0.1, 0.15) is 12.8 Å². The zero-order chi connectivity index (χ0) is 9.00. The molecule has 6 atom stereocenters. The fourth-order valence-electron chi connectivity index (χ4n) is 3.98. The number of hydrogen-bond acceptors (Lipinski definition) is 1. The number of fused-ring (bicyclic) bond motifs is 5. The SMILES string of the molecule is C[S+]1C[C@@H]2[C@@H](C1)[C@H]1C[C@@H]2[C@@H](C#N)C1. The van der Waals surface area contributed by atoms with Crippen LogP contribution in [0.4, 0.5) is 0 Å². The average Bonchev–Trinajstić information content (AvgIpc) is 2.71. The van der Waals surface area contributed by atoms with Crippen molar-refractivity contribution in [1.29, 1.82) is 5.26 Å². The van der Waals surface area contributed by atoms with Crippen molar-refractivity contribution in [2.24, 2.45) is 29.6 Å². The van der Waals surface area contributed by atoms with E-state index in [0.717, 1.165) is 23.7 Å². The highest BCUT2D eigenvalue weighted by molar-refractivity contribution is 7.96. The summed E-state index contributed by atoms with van der Waals surface area (Å²) in [5.41, 5.74) is 0. The van der Waals surface area contributed by atoms with Gasteiger partial charge >= 0.3 is 0 Å². The maximum absolute atomic E-state index is 9.03. The number of nitrogens with zero attached hydrogens (tertiary/aromatic N) is 1. The molecular weight excluding hydrogens is 178 g/mol. The van der Waals surface area contributed by atoms with E-state index in [1.54, 1.807) is 0 Å². The Bertz CT molecular complexity index is 270. The van der Waals surface area contributed by atoms with Crippen LogP contribution in [-0.4, -0.2) is 17.8 Å². The maximum Gasteiger partial charge on any atom is 0.111 e. The van der Waals surface area contributed by atoms with Crippen molar-refractivity contribution in [2.75, 3.05) is 17.8 Å². The highest BCUT2D eigenvalue weighted by Gasteiger charge is 2.58. The van der Waals surface area contributed by atoms with Gasteiger partial charge in [0.2, 0.25) is 0 Å². The van der Waals surface area contributed by atoms with Crippen LogP contribution in [0.2, 0.25) is 0 Å². The maximum atomic E-state index is 9.03. The first-order chi connectivity index (χ1) is 6.29. The van der Waals surface area contributed by atoms with Gasteiger partial charge in [-0.05, 0) is 35.6 Å². The minimum Gasteiger partial charge on any atom is -0.198 e. The summed E-state index contributed by atoms with van der Waals surface area (Å²) in [7, 11) is 0.691. The van der Waals surface area contributed by atoms with E-state index < -0.39 is 0 Å². The second kappa shape index (κ2) is 2.67. The molecule has 0 N–H and O–H groups in total. The molecule has 2 bridgehead atoms. The fourth-order valence-corrected chi connectivity index (χ4v) is 6.45. The summed E-state index contributed by atoms with van der Waals surface area (Å²) in [4.78, 5) is 0. The van der Waals surface area contributed by atoms with Gasteiger partial charge in [-0.1, -0.05) is 0 Å². The lowest BCUT2D eigenvalue weighted by Crippen LogP contribution is -2.26. The van der Waals surface area contributed by atoms with Crippen LogP contribution in [0.25, 0.3) is 0 Å². The molecule has 2 aliphatic carbocycles. The predicted molar refractivity (Wildman–Crippen MR) is 55.3 cm³/mol. The first-order valence-electron chi connectivity index (χ1n) is 5.28. The Morgan fingerprint density at radius 3 is 2.69 bits per heavy atom. The van der Waals surface area contributed by atoms with Crippen LogP contribution in [-0.2, 0) is 10.9 Å². The molecule has 0 aromatic rings. The fraction of sp³-hybridized carbons (Fsp3) is 0.909. The van der Waals surface area contributed by atoms with Gasteiger partial charge in [-0.2, -0.15) is 5.26 Å². The molecule has 70 valence electrons. The van der Waals surface area contributed by atoms with Gasteiger partial charge in [0.25, 0.3) is 0 Å². The molecule has 1 heterocycles. The summed E-state index contributed by atoms with van der Waals surface area (Å²) < 4.78 is 0. The molecule has 2 heteroatoms. The second-order valence-corrected chi connectivity index (χ2v) is 7.30.